The van der Waals surface area contributed by atoms with Crippen molar-refractivity contribution in [3.63, 3.8) is 0 Å². The zero-order valence-electron chi connectivity index (χ0n) is 15.7. The highest BCUT2D eigenvalue weighted by Crippen LogP contribution is 2.16. The number of nitrogens with zero attached hydrogens (tertiary/aromatic N) is 2. The molecule has 2 aromatic carbocycles. The number of nitrogens with one attached hydrogen (secondary N) is 1. The van der Waals surface area contributed by atoms with Crippen LogP contribution in [-0.2, 0) is 27.9 Å². The first kappa shape index (κ1) is 20.6. The Labute approximate surface area is 167 Å². The Kier molecular flexibility index (Phi) is 5.78. The minimum Gasteiger partial charge on any atom is -0.368 e. The van der Waals surface area contributed by atoms with Crippen LogP contribution in [0, 0.1) is 0 Å². The molecule has 3 rings (SSSR count). The Hall–Kier alpha value is -3.08. The van der Waals surface area contributed by atoms with E-state index >= 15 is 0 Å². The van der Waals surface area contributed by atoms with Crippen LogP contribution in [0.1, 0.15) is 24.4 Å². The van der Waals surface area contributed by atoms with E-state index in [9.17, 15) is 18.0 Å². The van der Waals surface area contributed by atoms with Crippen molar-refractivity contribution in [1.29, 1.82) is 0 Å². The maximum atomic E-state index is 12.7. The normalized spacial score (nSPS) is 12.8. The lowest BCUT2D eigenvalue weighted by molar-refractivity contribution is -0.118. The van der Waals surface area contributed by atoms with Gasteiger partial charge >= 0.3 is 0 Å². The molecular weight excluding hydrogens is 394 g/mol. The average Bonchev–Trinajstić information content (AvgIpc) is 2.68. The molecule has 1 heterocycles. The molecule has 29 heavy (non-hydrogen) atoms. The van der Waals surface area contributed by atoms with E-state index < -0.39 is 15.9 Å². The molecular formula is C19H21N5O4S. The monoisotopic (exact) mass is 415 g/mol. The molecule has 0 unspecified atom stereocenters. The van der Waals surface area contributed by atoms with Crippen LogP contribution < -0.4 is 21.7 Å². The first-order valence-corrected chi connectivity index (χ1v) is 10.3. The van der Waals surface area contributed by atoms with Crippen molar-refractivity contribution in [1.82, 2.24) is 14.9 Å². The van der Waals surface area contributed by atoms with Gasteiger partial charge in [-0.15, -0.1) is 0 Å². The van der Waals surface area contributed by atoms with Gasteiger partial charge in [0.15, 0.2) is 0 Å². The van der Waals surface area contributed by atoms with Crippen molar-refractivity contribution in [2.45, 2.75) is 31.0 Å². The number of carbonyl (C=O) groups is 1. The molecule has 0 bridgehead atoms. The molecule has 0 aliphatic rings. The van der Waals surface area contributed by atoms with Gasteiger partial charge in [-0.25, -0.2) is 18.5 Å². The summed E-state index contributed by atoms with van der Waals surface area (Å²) in [6.45, 7) is 1.81. The summed E-state index contributed by atoms with van der Waals surface area (Å²) in [4.78, 5) is 28.7. The molecule has 0 saturated carbocycles. The number of sulfonamides is 1. The number of aromatic nitrogens is 2. The summed E-state index contributed by atoms with van der Waals surface area (Å²) < 4.78 is 24.0. The van der Waals surface area contributed by atoms with Crippen LogP contribution in [-0.4, -0.2) is 23.9 Å². The van der Waals surface area contributed by atoms with Gasteiger partial charge in [0.1, 0.15) is 12.4 Å². The molecule has 9 nitrogen and oxygen atoms in total. The van der Waals surface area contributed by atoms with Crippen LogP contribution in [0.2, 0.25) is 0 Å². The summed E-state index contributed by atoms with van der Waals surface area (Å²) in [5.41, 5.74) is 6.31. The van der Waals surface area contributed by atoms with Gasteiger partial charge in [-0.1, -0.05) is 24.3 Å². The van der Waals surface area contributed by atoms with Crippen LogP contribution in [0.25, 0.3) is 10.9 Å². The second-order valence-corrected chi connectivity index (χ2v) is 8.18. The molecule has 152 valence electrons. The Bertz CT molecular complexity index is 1220. The van der Waals surface area contributed by atoms with Crippen molar-refractivity contribution in [3.8, 4) is 0 Å². The molecule has 0 fully saturated rings. The van der Waals surface area contributed by atoms with Gasteiger partial charge in [0.2, 0.25) is 15.9 Å². The molecule has 0 radical (unpaired) electrons. The lowest BCUT2D eigenvalue weighted by Gasteiger charge is -2.17. The van der Waals surface area contributed by atoms with Gasteiger partial charge < -0.3 is 11.1 Å². The predicted octanol–water partition coefficient (Wildman–Crippen LogP) is 0.380. The number of hydrogen-bond donors (Lipinski definition) is 3. The van der Waals surface area contributed by atoms with E-state index in [0.717, 1.165) is 5.56 Å². The SMILES string of the molecule is C[C@@H](NCc1nc2ccccc2c(=O)n1CC(N)=O)c1ccc(S(N)(=O)=O)cc1. The number of primary sulfonamides is 1. The zero-order valence-corrected chi connectivity index (χ0v) is 16.5. The first-order valence-electron chi connectivity index (χ1n) is 8.79. The van der Waals surface area contributed by atoms with Crippen molar-refractivity contribution >= 4 is 26.8 Å². The first-order chi connectivity index (χ1) is 13.7. The number of primary amides is 1. The number of carbonyl (C=O) groups excluding carboxylic acids is 1. The fourth-order valence-corrected chi connectivity index (χ4v) is 3.49. The molecule has 0 saturated heterocycles. The van der Waals surface area contributed by atoms with Gasteiger partial charge in [-0.2, -0.15) is 0 Å². The van der Waals surface area contributed by atoms with E-state index in [2.05, 4.69) is 10.3 Å². The third kappa shape index (κ3) is 4.67. The zero-order chi connectivity index (χ0) is 21.2. The number of hydrogen-bond acceptors (Lipinski definition) is 6. The fourth-order valence-electron chi connectivity index (χ4n) is 2.98. The quantitative estimate of drug-likeness (QED) is 0.508. The smallest absolute Gasteiger partial charge is 0.261 e. The summed E-state index contributed by atoms with van der Waals surface area (Å²) in [7, 11) is -3.76. The minimum absolute atomic E-state index is 0.0277. The number of para-hydroxylation sites is 1. The largest absolute Gasteiger partial charge is 0.368 e. The van der Waals surface area contributed by atoms with Crippen molar-refractivity contribution in [2.75, 3.05) is 0 Å². The molecule has 1 amide bonds. The highest BCUT2D eigenvalue weighted by atomic mass is 32.2. The van der Waals surface area contributed by atoms with Gasteiger partial charge in [0.25, 0.3) is 5.56 Å². The summed E-state index contributed by atoms with van der Waals surface area (Å²) in [5, 5.41) is 8.74. The van der Waals surface area contributed by atoms with Gasteiger partial charge in [0.05, 0.1) is 22.3 Å². The Morgan fingerprint density at radius 3 is 2.45 bits per heavy atom. The Morgan fingerprint density at radius 2 is 1.83 bits per heavy atom. The lowest BCUT2D eigenvalue weighted by Crippen LogP contribution is -2.33. The van der Waals surface area contributed by atoms with Crippen LogP contribution >= 0.6 is 0 Å². The number of fused-ring (bicyclic) bond motifs is 1. The third-order valence-corrected chi connectivity index (χ3v) is 5.46. The standard InChI is InChI=1S/C19H21N5O4S/c1-12(13-6-8-14(9-7-13)29(21,27)28)22-10-18-23-16-5-3-2-4-15(16)19(26)24(18)11-17(20)25/h2-9,12,22H,10-11H2,1H3,(H2,20,25)(H2,21,27,28)/t12-/m1/s1. The fraction of sp³-hybridized carbons (Fsp3) is 0.211. The van der Waals surface area contributed by atoms with Crippen molar-refractivity contribution in [3.05, 3.63) is 70.3 Å². The maximum absolute atomic E-state index is 12.7. The topological polar surface area (TPSA) is 150 Å². The van der Waals surface area contributed by atoms with Gasteiger partial charge in [0, 0.05) is 6.04 Å². The maximum Gasteiger partial charge on any atom is 0.261 e. The molecule has 0 spiro atoms. The molecule has 5 N–H and O–H groups in total. The van der Waals surface area contributed by atoms with Gasteiger partial charge in [-0.3, -0.25) is 14.2 Å². The molecule has 0 aliphatic heterocycles. The molecule has 1 aromatic heterocycles. The van der Waals surface area contributed by atoms with E-state index in [1.54, 1.807) is 36.4 Å². The number of amides is 1. The minimum atomic E-state index is -3.76. The second kappa shape index (κ2) is 8.11. The van der Waals surface area contributed by atoms with Crippen molar-refractivity contribution < 1.29 is 13.2 Å². The second-order valence-electron chi connectivity index (χ2n) is 6.62. The van der Waals surface area contributed by atoms with E-state index in [1.165, 1.54) is 16.7 Å². The van der Waals surface area contributed by atoms with Crippen LogP contribution in [0.3, 0.4) is 0 Å². The molecule has 0 aliphatic carbocycles. The average molecular weight is 415 g/mol. The molecule has 1 atom stereocenters. The predicted molar refractivity (Wildman–Crippen MR) is 108 cm³/mol. The van der Waals surface area contributed by atoms with Crippen LogP contribution in [0.4, 0.5) is 0 Å². The lowest BCUT2D eigenvalue weighted by atomic mass is 10.1. The van der Waals surface area contributed by atoms with Crippen LogP contribution in [0.5, 0.6) is 0 Å². The van der Waals surface area contributed by atoms with Crippen LogP contribution in [0.15, 0.2) is 58.2 Å². The van der Waals surface area contributed by atoms with E-state index in [1.807, 2.05) is 6.92 Å². The van der Waals surface area contributed by atoms with E-state index in [4.69, 9.17) is 10.9 Å². The van der Waals surface area contributed by atoms with E-state index in [0.29, 0.717) is 16.7 Å². The third-order valence-electron chi connectivity index (χ3n) is 4.53. The summed E-state index contributed by atoms with van der Waals surface area (Å²) >= 11 is 0. The number of nitrogens with two attached hydrogens (primary N) is 2. The Morgan fingerprint density at radius 1 is 1.17 bits per heavy atom. The Balaban J connectivity index is 1.87. The summed E-state index contributed by atoms with van der Waals surface area (Å²) in [6, 6.07) is 12.9. The van der Waals surface area contributed by atoms with Gasteiger partial charge in [-0.05, 0) is 36.8 Å². The highest BCUT2D eigenvalue weighted by molar-refractivity contribution is 7.89. The summed E-state index contributed by atoms with van der Waals surface area (Å²) in [6.07, 6.45) is 0. The van der Waals surface area contributed by atoms with E-state index in [-0.39, 0.29) is 29.6 Å². The summed E-state index contributed by atoms with van der Waals surface area (Å²) in [5.74, 6) is -0.266. The molecule has 10 heteroatoms. The highest BCUT2D eigenvalue weighted by Gasteiger charge is 2.15. The number of benzene rings is 2. The van der Waals surface area contributed by atoms with Crippen molar-refractivity contribution in [2.24, 2.45) is 10.9 Å². The molecule has 3 aromatic rings. The number of rotatable bonds is 7.